The van der Waals surface area contributed by atoms with Crippen molar-refractivity contribution in [2.24, 2.45) is 11.8 Å². The molecule has 4 heteroatoms. The summed E-state index contributed by atoms with van der Waals surface area (Å²) in [6.45, 7) is 9.74. The highest BCUT2D eigenvalue weighted by Crippen LogP contribution is 2.26. The zero-order valence-corrected chi connectivity index (χ0v) is 30.2. The number of hydrogen-bond acceptors (Lipinski definition) is 4. The van der Waals surface area contributed by atoms with Crippen LogP contribution in [0.5, 0.6) is 11.5 Å². The van der Waals surface area contributed by atoms with Crippen molar-refractivity contribution in [1.82, 2.24) is 0 Å². The molecule has 2 unspecified atom stereocenters. The number of esters is 1. The van der Waals surface area contributed by atoms with Crippen molar-refractivity contribution >= 4 is 11.8 Å². The maximum Gasteiger partial charge on any atom is 0.343 e. The molecule has 4 aromatic rings. The predicted octanol–water partition coefficient (Wildman–Crippen LogP) is 12.3. The lowest BCUT2D eigenvalue weighted by Gasteiger charge is -2.09. The van der Waals surface area contributed by atoms with E-state index in [9.17, 15) is 9.59 Å². The van der Waals surface area contributed by atoms with Crippen molar-refractivity contribution in [2.75, 3.05) is 6.61 Å². The monoisotopic (exact) mass is 660 g/mol. The maximum atomic E-state index is 12.9. The van der Waals surface area contributed by atoms with E-state index in [1.807, 2.05) is 72.8 Å². The van der Waals surface area contributed by atoms with Gasteiger partial charge in [-0.3, -0.25) is 4.79 Å². The first kappa shape index (κ1) is 37.6. The number of unbranched alkanes of at least 4 members (excludes halogenated alkanes) is 5. The van der Waals surface area contributed by atoms with E-state index in [0.717, 1.165) is 65.4 Å². The van der Waals surface area contributed by atoms with Gasteiger partial charge in [-0.25, -0.2) is 4.79 Å². The highest BCUT2D eigenvalue weighted by molar-refractivity contribution is 5.91. The Labute approximate surface area is 295 Å². The zero-order valence-electron chi connectivity index (χ0n) is 30.2. The molecule has 0 amide bonds. The zero-order chi connectivity index (χ0) is 34.8. The number of hydrogen-bond donors (Lipinski definition) is 0. The fraction of sp³-hybridized carbons (Fsp3) is 0.422. The van der Waals surface area contributed by atoms with E-state index in [0.29, 0.717) is 35.9 Å². The lowest BCUT2D eigenvalue weighted by atomic mass is 9.97. The van der Waals surface area contributed by atoms with Crippen molar-refractivity contribution in [1.29, 1.82) is 0 Å². The second-order valence-corrected chi connectivity index (χ2v) is 13.8. The minimum Gasteiger partial charge on any atom is -0.494 e. The predicted molar refractivity (Wildman–Crippen MR) is 203 cm³/mol. The first-order valence-electron chi connectivity index (χ1n) is 18.6. The number of carbonyl (C=O) groups is 2. The second kappa shape index (κ2) is 20.4. The molecule has 4 aromatic carbocycles. The van der Waals surface area contributed by atoms with Crippen molar-refractivity contribution in [3.8, 4) is 33.8 Å². The summed E-state index contributed by atoms with van der Waals surface area (Å²) in [7, 11) is 0. The standard InChI is InChI=1S/C45H56O4/c1-5-34(3)13-11-9-7-8-10-12-32-48-43-28-23-39(24-29-43)38-19-21-41(22-20-38)45(47)49-44-30-25-40(26-31-44)37-17-15-36(16-18-37)33-42(46)27-14-35(4)6-2/h15-26,28-31,34-35H,5-14,27,32-33H2,1-4H3. The van der Waals surface area contributed by atoms with E-state index in [2.05, 4.69) is 39.8 Å². The second-order valence-electron chi connectivity index (χ2n) is 13.8. The van der Waals surface area contributed by atoms with E-state index in [4.69, 9.17) is 9.47 Å². The quantitative estimate of drug-likeness (QED) is 0.0507. The Morgan fingerprint density at radius 2 is 1.02 bits per heavy atom. The molecule has 49 heavy (non-hydrogen) atoms. The van der Waals surface area contributed by atoms with Crippen LogP contribution in [0, 0.1) is 11.8 Å². The summed E-state index contributed by atoms with van der Waals surface area (Å²) in [5.74, 6) is 2.74. The number of Topliss-reactive ketones (excluding diaryl/α,β-unsaturated/α-hetero) is 1. The largest absolute Gasteiger partial charge is 0.494 e. The summed E-state index contributed by atoms with van der Waals surface area (Å²) < 4.78 is 11.6. The molecule has 0 aliphatic rings. The van der Waals surface area contributed by atoms with Gasteiger partial charge >= 0.3 is 5.97 Å². The average molecular weight is 661 g/mol. The molecule has 0 heterocycles. The number of ether oxygens (including phenoxy) is 2. The molecule has 4 nitrogen and oxygen atoms in total. The third-order valence-electron chi connectivity index (χ3n) is 9.73. The minimum atomic E-state index is -0.392. The molecule has 0 saturated heterocycles. The van der Waals surface area contributed by atoms with Crippen LogP contribution < -0.4 is 9.47 Å². The molecule has 0 aromatic heterocycles. The summed E-state index contributed by atoms with van der Waals surface area (Å²) in [6, 6.07) is 31.3. The van der Waals surface area contributed by atoms with Crippen molar-refractivity contribution in [3.63, 3.8) is 0 Å². The van der Waals surface area contributed by atoms with Gasteiger partial charge in [-0.1, -0.05) is 140 Å². The Hall–Kier alpha value is -4.18. The van der Waals surface area contributed by atoms with Gasteiger partial charge in [0.05, 0.1) is 12.2 Å². The van der Waals surface area contributed by atoms with Crippen LogP contribution in [0.3, 0.4) is 0 Å². The van der Waals surface area contributed by atoms with Gasteiger partial charge in [-0.05, 0) is 88.9 Å². The summed E-state index contributed by atoms with van der Waals surface area (Å²) in [5.41, 5.74) is 5.71. The van der Waals surface area contributed by atoms with E-state index in [-0.39, 0.29) is 0 Å². The van der Waals surface area contributed by atoms with Crippen molar-refractivity contribution in [3.05, 3.63) is 108 Å². The fourth-order valence-corrected chi connectivity index (χ4v) is 5.86. The number of benzene rings is 4. The van der Waals surface area contributed by atoms with E-state index in [1.165, 1.54) is 44.9 Å². The Morgan fingerprint density at radius 3 is 1.59 bits per heavy atom. The molecule has 0 fully saturated rings. The van der Waals surface area contributed by atoms with E-state index in [1.54, 1.807) is 12.1 Å². The van der Waals surface area contributed by atoms with Gasteiger partial charge in [0.2, 0.25) is 0 Å². The van der Waals surface area contributed by atoms with Gasteiger partial charge < -0.3 is 9.47 Å². The third-order valence-corrected chi connectivity index (χ3v) is 9.73. The van der Waals surface area contributed by atoms with Crippen LogP contribution in [0.2, 0.25) is 0 Å². The van der Waals surface area contributed by atoms with Crippen LogP contribution in [-0.4, -0.2) is 18.4 Å². The Balaban J connectivity index is 1.18. The Bertz CT molecular complexity index is 1540. The van der Waals surface area contributed by atoms with Gasteiger partial charge in [0.15, 0.2) is 0 Å². The Morgan fingerprint density at radius 1 is 0.551 bits per heavy atom. The van der Waals surface area contributed by atoms with Crippen LogP contribution in [0.4, 0.5) is 0 Å². The van der Waals surface area contributed by atoms with Crippen molar-refractivity contribution in [2.45, 2.75) is 105 Å². The molecule has 4 rings (SSSR count). The molecule has 0 bridgehead atoms. The smallest absolute Gasteiger partial charge is 0.343 e. The fourth-order valence-electron chi connectivity index (χ4n) is 5.86. The normalized spacial score (nSPS) is 12.3. The molecule has 0 radical (unpaired) electrons. The van der Waals surface area contributed by atoms with Crippen molar-refractivity contribution < 1.29 is 19.1 Å². The molecule has 0 N–H and O–H groups in total. The highest BCUT2D eigenvalue weighted by atomic mass is 16.5. The molecule has 0 spiro atoms. The van der Waals surface area contributed by atoms with Crippen LogP contribution in [0.25, 0.3) is 22.3 Å². The van der Waals surface area contributed by atoms with Gasteiger partial charge in [-0.15, -0.1) is 0 Å². The van der Waals surface area contributed by atoms with Gasteiger partial charge in [0, 0.05) is 12.8 Å². The molecule has 0 aliphatic carbocycles. The minimum absolute atomic E-state index is 0.294. The highest BCUT2D eigenvalue weighted by Gasteiger charge is 2.11. The number of rotatable bonds is 21. The lowest BCUT2D eigenvalue weighted by Crippen LogP contribution is -2.08. The SMILES string of the molecule is CCC(C)CCCCCCCCOc1ccc(-c2ccc(C(=O)Oc3ccc(-c4ccc(CC(=O)CCC(C)CC)cc4)cc3)cc2)cc1. The number of carbonyl (C=O) groups excluding carboxylic acids is 2. The van der Waals surface area contributed by atoms with Crippen LogP contribution in [0.1, 0.15) is 114 Å². The molecule has 2 atom stereocenters. The molecule has 0 aliphatic heterocycles. The van der Waals surface area contributed by atoms with E-state index < -0.39 is 5.97 Å². The number of ketones is 1. The first-order chi connectivity index (χ1) is 23.8. The van der Waals surface area contributed by atoms with Crippen LogP contribution in [0.15, 0.2) is 97.1 Å². The lowest BCUT2D eigenvalue weighted by molar-refractivity contribution is -0.118. The molecule has 0 saturated carbocycles. The summed E-state index contributed by atoms with van der Waals surface area (Å²) in [6.07, 6.45) is 13.5. The summed E-state index contributed by atoms with van der Waals surface area (Å²) in [5, 5.41) is 0. The van der Waals surface area contributed by atoms with Gasteiger partial charge in [0.25, 0.3) is 0 Å². The molecular formula is C45H56O4. The first-order valence-corrected chi connectivity index (χ1v) is 18.6. The van der Waals surface area contributed by atoms with Gasteiger partial charge in [0.1, 0.15) is 17.3 Å². The topological polar surface area (TPSA) is 52.6 Å². The summed E-state index contributed by atoms with van der Waals surface area (Å²) >= 11 is 0. The average Bonchev–Trinajstić information content (AvgIpc) is 3.14. The summed E-state index contributed by atoms with van der Waals surface area (Å²) in [4.78, 5) is 25.2. The van der Waals surface area contributed by atoms with Gasteiger partial charge in [-0.2, -0.15) is 0 Å². The molecular weight excluding hydrogens is 604 g/mol. The maximum absolute atomic E-state index is 12.9. The third kappa shape index (κ3) is 13.0. The Kier molecular flexibility index (Phi) is 15.6. The van der Waals surface area contributed by atoms with E-state index >= 15 is 0 Å². The van der Waals surface area contributed by atoms with Crippen LogP contribution in [-0.2, 0) is 11.2 Å². The van der Waals surface area contributed by atoms with Crippen LogP contribution >= 0.6 is 0 Å². The molecule has 260 valence electrons.